The molecule has 74 valence electrons. The molecular weight excluding hydrogens is 198 g/mol. The summed E-state index contributed by atoms with van der Waals surface area (Å²) >= 11 is 0. The van der Waals surface area contributed by atoms with Crippen LogP contribution >= 0.6 is 0 Å². The Morgan fingerprint density at radius 2 is 2.00 bits per heavy atom. The molecule has 0 aliphatic rings. The van der Waals surface area contributed by atoms with E-state index >= 15 is 0 Å². The monoisotopic (exact) mass is 209 g/mol. The summed E-state index contributed by atoms with van der Waals surface area (Å²) in [6.07, 6.45) is 3.00. The molecule has 1 aromatic heterocycles. The van der Waals surface area contributed by atoms with Crippen LogP contribution in [-0.2, 0) is 15.6 Å². The third-order valence-electron chi connectivity index (χ3n) is 2.09. The molecule has 0 saturated carbocycles. The Morgan fingerprint density at radius 1 is 1.29 bits per heavy atom. The van der Waals surface area contributed by atoms with Crippen LogP contribution < -0.4 is 0 Å². The van der Waals surface area contributed by atoms with Crippen LogP contribution in [0.15, 0.2) is 30.5 Å². The summed E-state index contributed by atoms with van der Waals surface area (Å²) in [5, 5.41) is 0.984. The first-order valence-electron chi connectivity index (χ1n) is 4.29. The number of sulfone groups is 1. The second-order valence-electron chi connectivity index (χ2n) is 3.43. The number of aromatic amines is 1. The van der Waals surface area contributed by atoms with E-state index in [-0.39, 0.29) is 5.75 Å². The predicted molar refractivity (Wildman–Crippen MR) is 56.8 cm³/mol. The summed E-state index contributed by atoms with van der Waals surface area (Å²) < 4.78 is 22.3. The fraction of sp³-hybridized carbons (Fsp3) is 0.200. The average Bonchev–Trinajstić information content (AvgIpc) is 2.47. The number of rotatable bonds is 2. The highest BCUT2D eigenvalue weighted by molar-refractivity contribution is 7.89. The van der Waals surface area contributed by atoms with Crippen LogP contribution in [0, 0.1) is 0 Å². The topological polar surface area (TPSA) is 49.9 Å². The van der Waals surface area contributed by atoms with Crippen LogP contribution in [0.4, 0.5) is 0 Å². The van der Waals surface area contributed by atoms with Gasteiger partial charge in [0.1, 0.15) is 0 Å². The first-order valence-corrected chi connectivity index (χ1v) is 6.35. The molecule has 1 aromatic carbocycles. The lowest BCUT2D eigenvalue weighted by molar-refractivity contribution is 0.601. The number of para-hydroxylation sites is 1. The van der Waals surface area contributed by atoms with Gasteiger partial charge in [-0.15, -0.1) is 0 Å². The standard InChI is InChI=1S/C10H11NO2S/c1-14(12,13)7-8-6-11-10-5-3-2-4-9(8)10/h2-6,11H,7H2,1H3. The van der Waals surface area contributed by atoms with Crippen molar-refractivity contribution >= 4 is 20.7 Å². The first-order chi connectivity index (χ1) is 6.56. The number of nitrogens with one attached hydrogen (secondary N) is 1. The fourth-order valence-corrected chi connectivity index (χ4v) is 2.34. The zero-order chi connectivity index (χ0) is 10.2. The predicted octanol–water partition coefficient (Wildman–Crippen LogP) is 1.71. The molecule has 2 aromatic rings. The number of aromatic nitrogens is 1. The summed E-state index contributed by atoms with van der Waals surface area (Å²) in [5.41, 5.74) is 1.81. The van der Waals surface area contributed by atoms with E-state index in [0.717, 1.165) is 16.5 Å². The molecule has 0 aliphatic heterocycles. The van der Waals surface area contributed by atoms with Gasteiger partial charge in [-0.1, -0.05) is 18.2 Å². The quantitative estimate of drug-likeness (QED) is 0.818. The zero-order valence-electron chi connectivity index (χ0n) is 7.82. The molecule has 4 heteroatoms. The molecule has 0 spiro atoms. The van der Waals surface area contributed by atoms with Crippen molar-refractivity contribution in [1.29, 1.82) is 0 Å². The Kier molecular flexibility index (Phi) is 2.07. The van der Waals surface area contributed by atoms with Gasteiger partial charge >= 0.3 is 0 Å². The molecule has 0 atom stereocenters. The Balaban J connectivity index is 2.54. The second-order valence-corrected chi connectivity index (χ2v) is 5.57. The van der Waals surface area contributed by atoms with Gasteiger partial charge in [0, 0.05) is 23.4 Å². The maximum atomic E-state index is 11.1. The molecule has 0 amide bonds. The minimum absolute atomic E-state index is 0.0943. The van der Waals surface area contributed by atoms with Crippen molar-refractivity contribution in [3.8, 4) is 0 Å². The zero-order valence-corrected chi connectivity index (χ0v) is 8.64. The van der Waals surface area contributed by atoms with Crippen LogP contribution in [0.2, 0.25) is 0 Å². The lowest BCUT2D eigenvalue weighted by Gasteiger charge is -1.95. The van der Waals surface area contributed by atoms with Crippen LogP contribution in [0.1, 0.15) is 5.56 Å². The third-order valence-corrected chi connectivity index (χ3v) is 2.93. The summed E-state index contributed by atoms with van der Waals surface area (Å²) in [4.78, 5) is 3.05. The van der Waals surface area contributed by atoms with Crippen LogP contribution in [0.25, 0.3) is 10.9 Å². The van der Waals surface area contributed by atoms with E-state index in [4.69, 9.17) is 0 Å². The molecule has 0 aliphatic carbocycles. The van der Waals surface area contributed by atoms with Crippen LogP contribution in [0.3, 0.4) is 0 Å². The lowest BCUT2D eigenvalue weighted by Crippen LogP contribution is -1.99. The smallest absolute Gasteiger partial charge is 0.151 e. The van der Waals surface area contributed by atoms with Gasteiger partial charge in [0.25, 0.3) is 0 Å². The number of hydrogen-bond acceptors (Lipinski definition) is 2. The van der Waals surface area contributed by atoms with E-state index < -0.39 is 9.84 Å². The van der Waals surface area contributed by atoms with Crippen molar-refractivity contribution in [2.24, 2.45) is 0 Å². The minimum atomic E-state index is -2.96. The van der Waals surface area contributed by atoms with Crippen molar-refractivity contribution in [2.45, 2.75) is 5.75 Å². The van der Waals surface area contributed by atoms with Gasteiger partial charge in [-0.3, -0.25) is 0 Å². The maximum absolute atomic E-state index is 11.1. The van der Waals surface area contributed by atoms with Gasteiger partial charge in [-0.2, -0.15) is 0 Å². The molecule has 0 bridgehead atoms. The summed E-state index contributed by atoms with van der Waals surface area (Å²) in [6, 6.07) is 7.68. The van der Waals surface area contributed by atoms with Crippen molar-refractivity contribution in [2.75, 3.05) is 6.26 Å². The van der Waals surface area contributed by atoms with Gasteiger partial charge < -0.3 is 4.98 Å². The Bertz CT molecular complexity index is 554. The highest BCUT2D eigenvalue weighted by atomic mass is 32.2. The highest BCUT2D eigenvalue weighted by Gasteiger charge is 2.08. The highest BCUT2D eigenvalue weighted by Crippen LogP contribution is 2.19. The summed E-state index contributed by atoms with van der Waals surface area (Å²) in [7, 11) is -2.96. The molecule has 1 heterocycles. The largest absolute Gasteiger partial charge is 0.361 e. The molecular formula is C10H11NO2S. The van der Waals surface area contributed by atoms with Gasteiger partial charge in [0.2, 0.25) is 0 Å². The number of H-pyrrole nitrogens is 1. The molecule has 0 saturated heterocycles. The molecule has 0 radical (unpaired) electrons. The molecule has 0 fully saturated rings. The molecule has 3 nitrogen and oxygen atoms in total. The SMILES string of the molecule is CS(=O)(=O)Cc1c[nH]c2ccccc12. The fourth-order valence-electron chi connectivity index (χ4n) is 1.53. The second kappa shape index (κ2) is 3.13. The first kappa shape index (κ1) is 9.27. The normalized spacial score (nSPS) is 12.1. The van der Waals surface area contributed by atoms with Crippen molar-refractivity contribution < 1.29 is 8.42 Å². The minimum Gasteiger partial charge on any atom is -0.361 e. The number of benzene rings is 1. The van der Waals surface area contributed by atoms with Gasteiger partial charge in [0.15, 0.2) is 9.84 Å². The van der Waals surface area contributed by atoms with Gasteiger partial charge in [-0.05, 0) is 11.6 Å². The average molecular weight is 209 g/mol. The number of hydrogen-bond donors (Lipinski definition) is 1. The Labute approximate surface area is 82.7 Å². The van der Waals surface area contributed by atoms with E-state index in [0.29, 0.717) is 0 Å². The summed E-state index contributed by atoms with van der Waals surface area (Å²) in [6.45, 7) is 0. The van der Waals surface area contributed by atoms with Gasteiger partial charge in [0.05, 0.1) is 5.75 Å². The Morgan fingerprint density at radius 3 is 2.71 bits per heavy atom. The van der Waals surface area contributed by atoms with Crippen LogP contribution in [-0.4, -0.2) is 19.7 Å². The van der Waals surface area contributed by atoms with Crippen molar-refractivity contribution in [3.05, 3.63) is 36.0 Å². The van der Waals surface area contributed by atoms with E-state index in [2.05, 4.69) is 4.98 Å². The third kappa shape index (κ3) is 1.80. The molecule has 2 rings (SSSR count). The van der Waals surface area contributed by atoms with Crippen molar-refractivity contribution in [3.63, 3.8) is 0 Å². The van der Waals surface area contributed by atoms with Gasteiger partial charge in [-0.25, -0.2) is 8.42 Å². The van der Waals surface area contributed by atoms with E-state index in [1.165, 1.54) is 6.26 Å². The molecule has 1 N–H and O–H groups in total. The lowest BCUT2D eigenvalue weighted by atomic mass is 10.2. The van der Waals surface area contributed by atoms with Crippen LogP contribution in [0.5, 0.6) is 0 Å². The van der Waals surface area contributed by atoms with E-state index in [1.807, 2.05) is 24.3 Å². The summed E-state index contributed by atoms with van der Waals surface area (Å²) in [5.74, 6) is 0.0943. The van der Waals surface area contributed by atoms with Crippen molar-refractivity contribution in [1.82, 2.24) is 4.98 Å². The van der Waals surface area contributed by atoms with E-state index in [1.54, 1.807) is 6.20 Å². The Hall–Kier alpha value is -1.29. The van der Waals surface area contributed by atoms with E-state index in [9.17, 15) is 8.42 Å². The maximum Gasteiger partial charge on any atom is 0.151 e. The molecule has 14 heavy (non-hydrogen) atoms. The molecule has 0 unspecified atom stereocenters. The number of fused-ring (bicyclic) bond motifs is 1.